The summed E-state index contributed by atoms with van der Waals surface area (Å²) >= 11 is 0. The summed E-state index contributed by atoms with van der Waals surface area (Å²) in [7, 11) is -8.99. The van der Waals surface area contributed by atoms with Gasteiger partial charge in [-0.25, -0.2) is 0 Å². The van der Waals surface area contributed by atoms with E-state index in [4.69, 9.17) is 5.14 Å². The van der Waals surface area contributed by atoms with Crippen LogP contribution in [-0.4, -0.2) is 23.1 Å². The first-order valence-electron chi connectivity index (χ1n) is 1.59. The van der Waals surface area contributed by atoms with Crippen LogP contribution in [0.1, 0.15) is 0 Å². The fourth-order valence-electron chi connectivity index (χ4n) is 0.156. The van der Waals surface area contributed by atoms with Crippen LogP contribution >= 0.6 is 0 Å². The first-order chi connectivity index (χ1) is 3.71. The number of nitrogens with zero attached hydrogens (tertiary/aromatic N) is 1. The van der Waals surface area contributed by atoms with Gasteiger partial charge in [0.2, 0.25) is 0 Å². The predicted molar refractivity (Wildman–Crippen MR) is 27.0 cm³/mol. The van der Waals surface area contributed by atoms with Gasteiger partial charge in [-0.15, -0.1) is 3.63 Å². The third-order valence-electron chi connectivity index (χ3n) is 0.210. The topological polar surface area (TPSA) is 99.8 Å². The third kappa shape index (κ3) is 7.82. The second-order valence-corrected chi connectivity index (χ2v) is 4.01. The molecule has 0 aliphatic rings. The smallest absolute Gasteiger partial charge is 0.199 e. The minimum Gasteiger partial charge on any atom is -0.199 e. The Morgan fingerprint density at radius 1 is 1.22 bits per heavy atom. The van der Waals surface area contributed by atoms with E-state index in [0.29, 0.717) is 6.26 Å². The highest BCUT2D eigenvalue weighted by Crippen LogP contribution is 1.91. The Bertz CT molecular complexity index is 240. The summed E-state index contributed by atoms with van der Waals surface area (Å²) < 4.78 is 42.1. The Labute approximate surface area is 53.0 Å². The Morgan fingerprint density at radius 2 is 1.56 bits per heavy atom. The van der Waals surface area contributed by atoms with Crippen molar-refractivity contribution < 1.29 is 20.5 Å². The van der Waals surface area contributed by atoms with Crippen LogP contribution in [0.3, 0.4) is 0 Å². The van der Waals surface area contributed by atoms with Crippen molar-refractivity contribution >= 4 is 20.4 Å². The molecule has 2 radical (unpaired) electrons. The predicted octanol–water partition coefficient (Wildman–Crippen LogP) is -1.72. The van der Waals surface area contributed by atoms with Gasteiger partial charge in [-0.05, 0) is 0 Å². The molecule has 0 heterocycles. The van der Waals surface area contributed by atoms with Gasteiger partial charge >= 0.3 is 10.3 Å². The quantitative estimate of drug-likeness (QED) is 0.494. The van der Waals surface area contributed by atoms with Crippen LogP contribution in [0.25, 0.3) is 0 Å². The molecule has 0 aromatic rings. The molecule has 0 amide bonds. The molecule has 54 valence electrons. The lowest BCUT2D eigenvalue weighted by Gasteiger charge is -1.90. The minimum atomic E-state index is -4.87. The average molecular weight is 173 g/mol. The van der Waals surface area contributed by atoms with E-state index in [9.17, 15) is 16.8 Å². The van der Waals surface area contributed by atoms with Crippen molar-refractivity contribution in [1.82, 2.24) is 5.14 Å². The normalized spacial score (nSPS) is 13.6. The van der Waals surface area contributed by atoms with E-state index in [1.165, 1.54) is 0 Å². The summed E-state index contributed by atoms with van der Waals surface area (Å²) in [5, 5.41) is 7.72. The van der Waals surface area contributed by atoms with E-state index in [-0.39, 0.29) is 0 Å². The molecule has 6 nitrogen and oxygen atoms in total. The van der Waals surface area contributed by atoms with Crippen LogP contribution in [0, 0.1) is 0 Å². The van der Waals surface area contributed by atoms with E-state index >= 15 is 0 Å². The monoisotopic (exact) mass is 173 g/mol. The lowest BCUT2D eigenvalue weighted by molar-refractivity contribution is 0.466. The molecular weight excluding hydrogens is 170 g/mol. The first kappa shape index (κ1) is 8.82. The van der Waals surface area contributed by atoms with Crippen LogP contribution in [-0.2, 0) is 24.1 Å². The first-order valence-corrected chi connectivity index (χ1v) is 4.77. The zero-order valence-corrected chi connectivity index (χ0v) is 5.94. The molecule has 0 atom stereocenters. The summed E-state index contributed by atoms with van der Waals surface area (Å²) in [6.45, 7) is 0. The molecule has 0 rings (SSSR count). The van der Waals surface area contributed by atoms with E-state index in [2.05, 4.69) is 3.63 Å². The highest BCUT2D eigenvalue weighted by molar-refractivity contribution is 7.98. The van der Waals surface area contributed by atoms with Crippen LogP contribution in [0.2, 0.25) is 0 Å². The molecule has 0 saturated heterocycles. The standard InChI is InChI=1S/CH3NO5S2/c1-8(3,4)7-9(2,5)6/h1H3. The van der Waals surface area contributed by atoms with Gasteiger partial charge < -0.3 is 0 Å². The molecule has 9 heavy (non-hydrogen) atoms. The van der Waals surface area contributed by atoms with Gasteiger partial charge in [-0.3, -0.25) is 0 Å². The molecule has 0 saturated carbocycles. The van der Waals surface area contributed by atoms with Crippen molar-refractivity contribution in [1.29, 1.82) is 0 Å². The number of hydrogen-bond acceptors (Lipinski definition) is 5. The summed E-state index contributed by atoms with van der Waals surface area (Å²) in [6, 6.07) is 0. The Morgan fingerprint density at radius 3 is 1.56 bits per heavy atom. The maximum absolute atomic E-state index is 9.89. The van der Waals surface area contributed by atoms with Gasteiger partial charge in [-0.2, -0.15) is 16.8 Å². The zero-order chi connectivity index (χ0) is 7.71. The highest BCUT2D eigenvalue weighted by atomic mass is 32.3. The fourth-order valence-corrected chi connectivity index (χ4v) is 1.41. The van der Waals surface area contributed by atoms with Crippen LogP contribution in [0.4, 0.5) is 0 Å². The third-order valence-corrected chi connectivity index (χ3v) is 1.89. The SMILES string of the molecule is CS(=O)(=O)OS([N])(=O)=O. The van der Waals surface area contributed by atoms with Crippen LogP contribution < -0.4 is 5.14 Å². The Kier molecular flexibility index (Phi) is 2.17. The largest absolute Gasteiger partial charge is 0.384 e. The van der Waals surface area contributed by atoms with Crippen LogP contribution in [0.15, 0.2) is 0 Å². The van der Waals surface area contributed by atoms with Crippen molar-refractivity contribution in [3.8, 4) is 0 Å². The molecule has 0 bridgehead atoms. The van der Waals surface area contributed by atoms with Crippen molar-refractivity contribution in [3.63, 3.8) is 0 Å². The minimum absolute atomic E-state index is 0.501. The molecule has 0 N–H and O–H groups in total. The van der Waals surface area contributed by atoms with E-state index in [1.54, 1.807) is 0 Å². The Hall–Kier alpha value is -0.180. The summed E-state index contributed by atoms with van der Waals surface area (Å²) in [6.07, 6.45) is 0.501. The molecule has 8 heteroatoms. The van der Waals surface area contributed by atoms with E-state index < -0.39 is 20.4 Å². The molecule has 0 aliphatic heterocycles. The number of hydrogen-bond donors (Lipinski definition) is 0. The van der Waals surface area contributed by atoms with Gasteiger partial charge in [0, 0.05) is 5.14 Å². The maximum Gasteiger partial charge on any atom is 0.384 e. The van der Waals surface area contributed by atoms with E-state index in [1.807, 2.05) is 0 Å². The Balaban J connectivity index is 4.46. The lowest BCUT2D eigenvalue weighted by atomic mass is 12.0. The van der Waals surface area contributed by atoms with Crippen molar-refractivity contribution in [2.75, 3.05) is 6.26 Å². The van der Waals surface area contributed by atoms with Gasteiger partial charge in [0.15, 0.2) is 0 Å². The van der Waals surface area contributed by atoms with Gasteiger partial charge in [0.05, 0.1) is 6.26 Å². The molecular formula is CH3NO5S2. The summed E-state index contributed by atoms with van der Waals surface area (Å²) in [5.41, 5.74) is 0. The second kappa shape index (κ2) is 2.21. The highest BCUT2D eigenvalue weighted by Gasteiger charge is 2.13. The van der Waals surface area contributed by atoms with Gasteiger partial charge in [0.25, 0.3) is 10.1 Å². The van der Waals surface area contributed by atoms with Gasteiger partial charge in [0.1, 0.15) is 0 Å². The molecule has 0 aliphatic carbocycles. The zero-order valence-electron chi connectivity index (χ0n) is 4.30. The van der Waals surface area contributed by atoms with Crippen molar-refractivity contribution in [2.24, 2.45) is 0 Å². The second-order valence-electron chi connectivity index (χ2n) is 1.20. The average Bonchev–Trinajstić information content (AvgIpc) is 1.14. The summed E-state index contributed by atoms with van der Waals surface area (Å²) in [4.78, 5) is 0. The van der Waals surface area contributed by atoms with Crippen molar-refractivity contribution in [3.05, 3.63) is 0 Å². The fraction of sp³-hybridized carbons (Fsp3) is 1.00. The maximum atomic E-state index is 9.89. The molecule has 0 aromatic heterocycles. The summed E-state index contributed by atoms with van der Waals surface area (Å²) in [5.74, 6) is 0. The van der Waals surface area contributed by atoms with E-state index in [0.717, 1.165) is 0 Å². The molecule has 0 unspecified atom stereocenters. The van der Waals surface area contributed by atoms with Gasteiger partial charge in [-0.1, -0.05) is 0 Å². The molecule has 0 aromatic carbocycles. The molecule has 0 fully saturated rings. The van der Waals surface area contributed by atoms with Crippen LogP contribution in [0.5, 0.6) is 0 Å². The lowest BCUT2D eigenvalue weighted by Crippen LogP contribution is -2.11. The molecule has 0 spiro atoms. The number of rotatable bonds is 2. The van der Waals surface area contributed by atoms with Crippen molar-refractivity contribution in [2.45, 2.75) is 0 Å².